The van der Waals surface area contributed by atoms with Gasteiger partial charge in [0, 0.05) is 46.3 Å². The first-order valence-electron chi connectivity index (χ1n) is 9.88. The Labute approximate surface area is 184 Å². The van der Waals surface area contributed by atoms with Gasteiger partial charge in [-0.3, -0.25) is 19.2 Å². The minimum absolute atomic E-state index is 0.120. The van der Waals surface area contributed by atoms with Gasteiger partial charge in [-0.25, -0.2) is 13.2 Å². The van der Waals surface area contributed by atoms with E-state index >= 15 is 0 Å². The lowest BCUT2D eigenvalue weighted by atomic mass is 10.2. The topological polar surface area (TPSA) is 120 Å². The maximum Gasteiger partial charge on any atom is 0.328 e. The van der Waals surface area contributed by atoms with E-state index in [1.807, 2.05) is 0 Å². The second-order valence-electron chi connectivity index (χ2n) is 7.55. The first-order valence-corrected chi connectivity index (χ1v) is 11.3. The lowest BCUT2D eigenvalue weighted by Gasteiger charge is -2.35. The summed E-state index contributed by atoms with van der Waals surface area (Å²) in [6.45, 7) is 0.916. The van der Waals surface area contributed by atoms with Crippen LogP contribution in [0.2, 0.25) is 0 Å². The van der Waals surface area contributed by atoms with Gasteiger partial charge in [0.05, 0.1) is 28.0 Å². The highest BCUT2D eigenvalue weighted by Gasteiger charge is 2.31. The molecule has 1 saturated heterocycles. The molecule has 0 saturated carbocycles. The van der Waals surface area contributed by atoms with Gasteiger partial charge in [-0.05, 0) is 30.3 Å². The van der Waals surface area contributed by atoms with E-state index in [0.29, 0.717) is 22.5 Å². The molecule has 0 spiro atoms. The fourth-order valence-electron chi connectivity index (χ4n) is 3.99. The number of benzene rings is 2. The van der Waals surface area contributed by atoms with Gasteiger partial charge in [-0.15, -0.1) is 0 Å². The second kappa shape index (κ2) is 7.95. The number of hydrogen-bond acceptors (Lipinski definition) is 7. The van der Waals surface area contributed by atoms with E-state index < -0.39 is 14.9 Å². The molecule has 11 nitrogen and oxygen atoms in total. The first-order chi connectivity index (χ1) is 15.1. The number of rotatable bonds is 5. The van der Waals surface area contributed by atoms with Gasteiger partial charge < -0.3 is 9.64 Å². The zero-order chi connectivity index (χ0) is 23.2. The molecule has 1 aromatic heterocycles. The van der Waals surface area contributed by atoms with Crippen LogP contribution in [-0.2, 0) is 24.1 Å². The fraction of sp³-hybridized carbons (Fsp3) is 0.350. The summed E-state index contributed by atoms with van der Waals surface area (Å²) < 4.78 is 35.2. The van der Waals surface area contributed by atoms with Crippen LogP contribution in [0.3, 0.4) is 0 Å². The number of fused-ring (bicyclic) bond motifs is 1. The molecule has 0 N–H and O–H groups in total. The highest BCUT2D eigenvalue weighted by atomic mass is 32.2. The van der Waals surface area contributed by atoms with Crippen molar-refractivity contribution in [3.8, 4) is 5.75 Å². The van der Waals surface area contributed by atoms with Crippen molar-refractivity contribution in [2.45, 2.75) is 4.90 Å². The molecule has 0 radical (unpaired) electrons. The van der Waals surface area contributed by atoms with Gasteiger partial charge in [0.25, 0.3) is 5.69 Å². The Bertz CT molecular complexity index is 1350. The van der Waals surface area contributed by atoms with E-state index in [2.05, 4.69) is 0 Å². The highest BCUT2D eigenvalue weighted by molar-refractivity contribution is 7.89. The predicted molar refractivity (Wildman–Crippen MR) is 119 cm³/mol. The monoisotopic (exact) mass is 461 g/mol. The number of piperazine rings is 1. The van der Waals surface area contributed by atoms with Crippen LogP contribution in [0.5, 0.6) is 5.75 Å². The van der Waals surface area contributed by atoms with Crippen molar-refractivity contribution < 1.29 is 18.1 Å². The second-order valence-corrected chi connectivity index (χ2v) is 9.49. The molecular weight excluding hydrogens is 438 g/mol. The minimum Gasteiger partial charge on any atom is -0.497 e. The zero-order valence-electron chi connectivity index (χ0n) is 17.9. The smallest absolute Gasteiger partial charge is 0.328 e. The molecule has 4 rings (SSSR count). The van der Waals surface area contributed by atoms with Gasteiger partial charge in [0.15, 0.2) is 0 Å². The Balaban J connectivity index is 1.62. The Kier molecular flexibility index (Phi) is 5.42. The van der Waals surface area contributed by atoms with Crippen molar-refractivity contribution in [3.05, 3.63) is 57.0 Å². The normalized spacial score (nSPS) is 15.3. The summed E-state index contributed by atoms with van der Waals surface area (Å²) >= 11 is 0. The number of ether oxygens (including phenoxy) is 1. The van der Waals surface area contributed by atoms with E-state index in [9.17, 15) is 23.3 Å². The third kappa shape index (κ3) is 3.50. The Morgan fingerprint density at radius 3 is 2.06 bits per heavy atom. The molecule has 0 unspecified atom stereocenters. The molecule has 170 valence electrons. The molecule has 1 fully saturated rings. The van der Waals surface area contributed by atoms with E-state index in [-0.39, 0.29) is 42.5 Å². The summed E-state index contributed by atoms with van der Waals surface area (Å²) in [5, 5.41) is 11.7. The number of hydrogen-bond donors (Lipinski definition) is 0. The SMILES string of the molecule is COc1ccc(S(=O)(=O)N2CCN(c3cc4c(cc3[N+](=O)[O-])n(C)c(=O)n4C)CC2)cc1. The standard InChI is InChI=1S/C20H23N5O6S/c1-21-16-12-18(19(25(27)28)13-17(16)22(2)20(21)26)23-8-10-24(11-9-23)32(29,30)15-6-4-14(31-3)5-7-15/h4-7,12-13H,8-11H2,1-3H3. The number of methoxy groups -OCH3 is 1. The fourth-order valence-corrected chi connectivity index (χ4v) is 5.41. The third-order valence-corrected chi connectivity index (χ3v) is 7.75. The van der Waals surface area contributed by atoms with Crippen molar-refractivity contribution in [2.24, 2.45) is 14.1 Å². The van der Waals surface area contributed by atoms with Crippen LogP contribution in [0, 0.1) is 10.1 Å². The van der Waals surface area contributed by atoms with E-state index in [0.717, 1.165) is 0 Å². The van der Waals surface area contributed by atoms with Crippen LogP contribution in [0.4, 0.5) is 11.4 Å². The summed E-state index contributed by atoms with van der Waals surface area (Å²) in [6, 6.07) is 9.19. The largest absolute Gasteiger partial charge is 0.497 e. The van der Waals surface area contributed by atoms with Gasteiger partial charge in [-0.1, -0.05) is 0 Å². The number of nitro groups is 1. The average molecular weight is 462 g/mol. The lowest BCUT2D eigenvalue weighted by molar-refractivity contribution is -0.384. The Morgan fingerprint density at radius 2 is 1.53 bits per heavy atom. The number of nitrogens with zero attached hydrogens (tertiary/aromatic N) is 5. The summed E-state index contributed by atoms with van der Waals surface area (Å²) in [7, 11) is 0.989. The number of nitro benzene ring substituents is 1. The van der Waals surface area contributed by atoms with Crippen LogP contribution in [0.15, 0.2) is 46.1 Å². The van der Waals surface area contributed by atoms with Gasteiger partial charge >= 0.3 is 5.69 Å². The molecular formula is C20H23N5O6S. The molecule has 0 amide bonds. The van der Waals surface area contributed by atoms with Crippen LogP contribution in [0.1, 0.15) is 0 Å². The van der Waals surface area contributed by atoms with E-state index in [4.69, 9.17) is 4.74 Å². The highest BCUT2D eigenvalue weighted by Crippen LogP contribution is 2.33. The summed E-state index contributed by atoms with van der Waals surface area (Å²) in [5.41, 5.74) is 1.01. The van der Waals surface area contributed by atoms with Crippen LogP contribution >= 0.6 is 0 Å². The van der Waals surface area contributed by atoms with Crippen LogP contribution in [-0.4, -0.2) is 60.1 Å². The van der Waals surface area contributed by atoms with E-state index in [1.54, 1.807) is 37.2 Å². The van der Waals surface area contributed by atoms with Crippen molar-refractivity contribution in [1.29, 1.82) is 0 Å². The molecule has 32 heavy (non-hydrogen) atoms. The summed E-state index contributed by atoms with van der Waals surface area (Å²) in [6.07, 6.45) is 0. The van der Waals surface area contributed by atoms with Gasteiger partial charge in [0.2, 0.25) is 10.0 Å². The van der Waals surface area contributed by atoms with Crippen molar-refractivity contribution in [2.75, 3.05) is 38.2 Å². The predicted octanol–water partition coefficient (Wildman–Crippen LogP) is 1.30. The third-order valence-electron chi connectivity index (χ3n) is 5.84. The summed E-state index contributed by atoms with van der Waals surface area (Å²) in [4.78, 5) is 25.5. The van der Waals surface area contributed by atoms with Crippen LogP contribution < -0.4 is 15.3 Å². The van der Waals surface area contributed by atoms with Crippen molar-refractivity contribution in [3.63, 3.8) is 0 Å². The Morgan fingerprint density at radius 1 is 0.969 bits per heavy atom. The van der Waals surface area contributed by atoms with E-state index in [1.165, 1.54) is 38.7 Å². The molecule has 3 aromatic rings. The van der Waals surface area contributed by atoms with Crippen molar-refractivity contribution >= 4 is 32.4 Å². The average Bonchev–Trinajstić information content (AvgIpc) is 3.01. The molecule has 12 heteroatoms. The number of aromatic nitrogens is 2. The molecule has 2 aromatic carbocycles. The summed E-state index contributed by atoms with van der Waals surface area (Å²) in [5.74, 6) is 0.562. The number of aryl methyl sites for hydroxylation is 2. The van der Waals surface area contributed by atoms with Gasteiger partial charge in [0.1, 0.15) is 11.4 Å². The molecule has 0 atom stereocenters. The molecule has 1 aliphatic heterocycles. The number of anilines is 1. The molecule has 2 heterocycles. The van der Waals surface area contributed by atoms with Crippen molar-refractivity contribution in [1.82, 2.24) is 13.4 Å². The molecule has 0 aliphatic carbocycles. The van der Waals surface area contributed by atoms with Crippen LogP contribution in [0.25, 0.3) is 11.0 Å². The maximum absolute atomic E-state index is 13.0. The minimum atomic E-state index is -3.69. The van der Waals surface area contributed by atoms with Gasteiger partial charge in [-0.2, -0.15) is 4.31 Å². The Hall–Kier alpha value is -3.38. The molecule has 1 aliphatic rings. The first kappa shape index (κ1) is 21.8. The number of sulfonamides is 1. The molecule has 0 bridgehead atoms. The number of imidazole rings is 1. The maximum atomic E-state index is 13.0. The quantitative estimate of drug-likeness (QED) is 0.415. The zero-order valence-corrected chi connectivity index (χ0v) is 18.7. The lowest BCUT2D eigenvalue weighted by Crippen LogP contribution is -2.48.